The first kappa shape index (κ1) is 23.5. The summed E-state index contributed by atoms with van der Waals surface area (Å²) in [5, 5.41) is 4.72. The molecule has 0 saturated heterocycles. The van der Waals surface area contributed by atoms with Crippen LogP contribution in [0.5, 0.6) is 5.75 Å². The Morgan fingerprint density at radius 3 is 2.44 bits per heavy atom. The minimum absolute atomic E-state index is 0.282. The number of nitrogens with one attached hydrogen (secondary N) is 2. The monoisotopic (exact) mass is 509 g/mol. The van der Waals surface area contributed by atoms with Gasteiger partial charge in [-0.15, -0.1) is 0 Å². The summed E-state index contributed by atoms with van der Waals surface area (Å²) in [6.07, 6.45) is 0. The van der Waals surface area contributed by atoms with Gasteiger partial charge in [-0.25, -0.2) is 13.8 Å². The van der Waals surface area contributed by atoms with Gasteiger partial charge in [0.1, 0.15) is 11.1 Å². The molecular weight excluding hydrogens is 498 g/mol. The Kier molecular flexibility index (Phi) is 6.40. The van der Waals surface area contributed by atoms with E-state index >= 15 is 0 Å². The van der Waals surface area contributed by atoms with Gasteiger partial charge >= 0.3 is 0 Å². The molecule has 0 bridgehead atoms. The van der Waals surface area contributed by atoms with Crippen LogP contribution >= 0.6 is 23.8 Å². The number of anilines is 1. The predicted molar refractivity (Wildman–Crippen MR) is 121 cm³/mol. The second kappa shape index (κ2) is 9.27. The smallest absolute Gasteiger partial charge is 0.263 e. The number of halogens is 5. The highest BCUT2D eigenvalue weighted by molar-refractivity contribution is 7.80. The van der Waals surface area contributed by atoms with Gasteiger partial charge in [-0.1, -0.05) is 17.7 Å². The summed E-state index contributed by atoms with van der Waals surface area (Å²) in [6, 6.07) is 11.5. The van der Waals surface area contributed by atoms with Gasteiger partial charge < -0.3 is 14.5 Å². The van der Waals surface area contributed by atoms with Crippen molar-refractivity contribution in [3.63, 3.8) is 0 Å². The fourth-order valence-electron chi connectivity index (χ4n) is 3.07. The topological polar surface area (TPSA) is 76.4 Å². The average molecular weight is 510 g/mol. The summed E-state index contributed by atoms with van der Waals surface area (Å²) in [5.41, 5.74) is 0.480. The van der Waals surface area contributed by atoms with Gasteiger partial charge in [0.25, 0.3) is 5.91 Å². The fraction of sp³-hybridized carbons (Fsp3) is 0.0455. The largest absolute Gasteiger partial charge is 0.491 e. The van der Waals surface area contributed by atoms with Crippen LogP contribution in [-0.2, 0) is 0 Å². The van der Waals surface area contributed by atoms with Crippen LogP contribution in [-0.4, -0.2) is 23.1 Å². The number of hydrogen-bond donors (Lipinski definition) is 2. The van der Waals surface area contributed by atoms with Crippen molar-refractivity contribution in [1.29, 1.82) is 0 Å². The highest BCUT2D eigenvalue weighted by Crippen LogP contribution is 2.30. The van der Waals surface area contributed by atoms with Gasteiger partial charge in [0.05, 0.1) is 7.11 Å². The maximum atomic E-state index is 14.2. The molecule has 34 heavy (non-hydrogen) atoms. The first-order valence-electron chi connectivity index (χ1n) is 9.38. The quantitative estimate of drug-likeness (QED) is 0.204. The SMILES string of the molecule is COc1c(F)c(F)c(C(=O)NC(=S)Nc2cccc(-c3nc4cc(Cl)ccc4o3)c2)c(F)c1F. The standard InChI is InChI=1S/C22H12ClF4N3O3S/c1-32-19-17(26)15(24)14(16(25)18(19)27)20(31)30-22(34)28-11-4-2-3-9(7-11)21-29-12-8-10(23)5-6-13(12)33-21/h2-8H,1H3,(H2,28,30,31,34). The Bertz CT molecular complexity index is 1430. The van der Waals surface area contributed by atoms with Gasteiger partial charge in [-0.2, -0.15) is 8.78 Å². The van der Waals surface area contributed by atoms with E-state index in [-0.39, 0.29) is 11.0 Å². The summed E-state index contributed by atoms with van der Waals surface area (Å²) in [6.45, 7) is 0. The minimum Gasteiger partial charge on any atom is -0.491 e. The molecule has 0 unspecified atom stereocenters. The second-order valence-electron chi connectivity index (χ2n) is 6.78. The van der Waals surface area contributed by atoms with E-state index in [1.165, 1.54) is 0 Å². The molecule has 0 atom stereocenters. The zero-order chi connectivity index (χ0) is 24.6. The molecule has 0 spiro atoms. The molecular formula is C22H12ClF4N3O3S. The molecule has 3 aromatic carbocycles. The third-order valence-electron chi connectivity index (χ3n) is 4.60. The number of methoxy groups -OCH3 is 1. The summed E-state index contributed by atoms with van der Waals surface area (Å²) in [4.78, 5) is 16.6. The molecule has 12 heteroatoms. The molecule has 0 aliphatic heterocycles. The lowest BCUT2D eigenvalue weighted by molar-refractivity contribution is 0.0966. The number of fused-ring (bicyclic) bond motifs is 1. The fourth-order valence-corrected chi connectivity index (χ4v) is 3.45. The van der Waals surface area contributed by atoms with Crippen LogP contribution in [0.4, 0.5) is 23.2 Å². The molecule has 0 fully saturated rings. The van der Waals surface area contributed by atoms with Crippen molar-refractivity contribution >= 4 is 51.6 Å². The number of carbonyl (C=O) groups is 1. The van der Waals surface area contributed by atoms with Gasteiger partial charge in [-0.3, -0.25) is 10.1 Å². The van der Waals surface area contributed by atoms with Crippen LogP contribution in [0, 0.1) is 23.3 Å². The van der Waals surface area contributed by atoms with E-state index < -0.39 is 40.5 Å². The Morgan fingerprint density at radius 1 is 1.06 bits per heavy atom. The lowest BCUT2D eigenvalue weighted by Crippen LogP contribution is -2.35. The number of ether oxygens (including phenoxy) is 1. The Morgan fingerprint density at radius 2 is 1.76 bits per heavy atom. The highest BCUT2D eigenvalue weighted by atomic mass is 35.5. The van der Waals surface area contributed by atoms with Crippen molar-refractivity contribution in [3.05, 3.63) is 76.3 Å². The molecule has 4 rings (SSSR count). The summed E-state index contributed by atoms with van der Waals surface area (Å²) < 4.78 is 66.1. The molecule has 0 saturated carbocycles. The van der Waals surface area contributed by atoms with Crippen LogP contribution in [0.25, 0.3) is 22.6 Å². The zero-order valence-corrected chi connectivity index (χ0v) is 18.6. The molecule has 174 valence electrons. The van der Waals surface area contributed by atoms with E-state index in [9.17, 15) is 22.4 Å². The van der Waals surface area contributed by atoms with Gasteiger partial charge in [-0.05, 0) is 48.6 Å². The lowest BCUT2D eigenvalue weighted by Gasteiger charge is -2.13. The van der Waals surface area contributed by atoms with Crippen LogP contribution in [0.15, 0.2) is 46.9 Å². The molecule has 1 amide bonds. The normalized spacial score (nSPS) is 10.9. The lowest BCUT2D eigenvalue weighted by atomic mass is 10.1. The Labute approximate surface area is 199 Å². The number of benzene rings is 3. The van der Waals surface area contributed by atoms with E-state index in [4.69, 9.17) is 28.2 Å². The van der Waals surface area contributed by atoms with Crippen molar-refractivity contribution < 1.29 is 31.5 Å². The van der Waals surface area contributed by atoms with Gasteiger partial charge in [0.15, 0.2) is 28.1 Å². The third kappa shape index (κ3) is 4.39. The number of rotatable bonds is 4. The summed E-state index contributed by atoms with van der Waals surface area (Å²) >= 11 is 10.9. The van der Waals surface area contributed by atoms with Crippen molar-refractivity contribution in [3.8, 4) is 17.2 Å². The number of thiocarbonyl (C=S) groups is 1. The maximum absolute atomic E-state index is 14.2. The first-order chi connectivity index (χ1) is 16.2. The van der Waals surface area contributed by atoms with Crippen LogP contribution in [0.2, 0.25) is 5.02 Å². The number of hydrogen-bond acceptors (Lipinski definition) is 5. The van der Waals surface area contributed by atoms with Crippen LogP contribution in [0.3, 0.4) is 0 Å². The van der Waals surface area contributed by atoms with Crippen molar-refractivity contribution in [2.24, 2.45) is 0 Å². The molecule has 1 heterocycles. The van der Waals surface area contributed by atoms with E-state index in [1.807, 2.05) is 5.32 Å². The van der Waals surface area contributed by atoms with Gasteiger partial charge in [0, 0.05) is 16.3 Å². The number of amides is 1. The van der Waals surface area contributed by atoms with Crippen LogP contribution < -0.4 is 15.4 Å². The molecule has 2 N–H and O–H groups in total. The van der Waals surface area contributed by atoms with E-state index in [0.717, 1.165) is 7.11 Å². The first-order valence-corrected chi connectivity index (χ1v) is 10.2. The highest BCUT2D eigenvalue weighted by Gasteiger charge is 2.30. The molecule has 0 aliphatic rings. The van der Waals surface area contributed by atoms with Crippen LogP contribution in [0.1, 0.15) is 10.4 Å². The van der Waals surface area contributed by atoms with E-state index in [2.05, 4.69) is 15.0 Å². The third-order valence-corrected chi connectivity index (χ3v) is 5.04. The van der Waals surface area contributed by atoms with Crippen molar-refractivity contribution in [2.75, 3.05) is 12.4 Å². The molecule has 1 aromatic heterocycles. The number of carbonyl (C=O) groups excluding carboxylic acids is 1. The second-order valence-corrected chi connectivity index (χ2v) is 7.63. The van der Waals surface area contributed by atoms with E-state index in [1.54, 1.807) is 42.5 Å². The minimum atomic E-state index is -1.92. The Hall–Kier alpha value is -3.70. The van der Waals surface area contributed by atoms with Crippen molar-refractivity contribution in [2.45, 2.75) is 0 Å². The summed E-state index contributed by atoms with van der Waals surface area (Å²) in [7, 11) is 0.823. The number of nitrogens with zero attached hydrogens (tertiary/aromatic N) is 1. The maximum Gasteiger partial charge on any atom is 0.263 e. The van der Waals surface area contributed by atoms with Gasteiger partial charge in [0.2, 0.25) is 17.5 Å². The molecule has 6 nitrogen and oxygen atoms in total. The molecule has 0 aliphatic carbocycles. The average Bonchev–Trinajstić information content (AvgIpc) is 3.21. The van der Waals surface area contributed by atoms with E-state index in [0.29, 0.717) is 27.4 Å². The number of oxazole rings is 1. The van der Waals surface area contributed by atoms with Crippen molar-refractivity contribution in [1.82, 2.24) is 10.3 Å². The molecule has 4 aromatic rings. The summed E-state index contributed by atoms with van der Waals surface area (Å²) in [5.74, 6) is -10.0. The zero-order valence-electron chi connectivity index (χ0n) is 17.0. The number of aromatic nitrogens is 1. The predicted octanol–water partition coefficient (Wildman–Crippen LogP) is 5.84. The Balaban J connectivity index is 1.53. The molecule has 0 radical (unpaired) electrons.